The molecule has 0 fully saturated rings. The van der Waals surface area contributed by atoms with E-state index in [1.165, 1.54) is 12.2 Å². The van der Waals surface area contributed by atoms with E-state index in [4.69, 9.17) is 0 Å². The van der Waals surface area contributed by atoms with Gasteiger partial charge < -0.3 is 10.6 Å². The van der Waals surface area contributed by atoms with E-state index in [0.29, 0.717) is 0 Å². The Morgan fingerprint density at radius 1 is 0.895 bits per heavy atom. The highest BCUT2D eigenvalue weighted by Crippen LogP contribution is 2.15. The number of carbonyl (C=O) groups excluding carboxylic acids is 2. The fraction of sp³-hybridized carbons (Fsp3) is 0.333. The summed E-state index contributed by atoms with van der Waals surface area (Å²) in [4.78, 5) is 23.0. The van der Waals surface area contributed by atoms with Crippen molar-refractivity contribution in [1.82, 2.24) is 10.3 Å². The van der Waals surface area contributed by atoms with Gasteiger partial charge >= 0.3 is 0 Å². The fourth-order valence-electron chi connectivity index (χ4n) is 1.18. The summed E-state index contributed by atoms with van der Waals surface area (Å²) in [5.41, 5.74) is 1.67. The summed E-state index contributed by atoms with van der Waals surface area (Å²) < 4.78 is 4.49. The molecule has 1 rings (SSSR count). The number of aromatic nitrogens is 2. The summed E-state index contributed by atoms with van der Waals surface area (Å²) in [5, 5.41) is 12.0. The van der Waals surface area contributed by atoms with Crippen molar-refractivity contribution in [2.45, 2.75) is 27.7 Å². The molecule has 0 unspecified atom stereocenters. The second-order valence-corrected chi connectivity index (χ2v) is 4.38. The van der Waals surface area contributed by atoms with Gasteiger partial charge in [0.05, 0.1) is 0 Å². The molecule has 19 heavy (non-hydrogen) atoms. The summed E-state index contributed by atoms with van der Waals surface area (Å²) in [6.07, 6.45) is 2.80. The standard InChI is InChI=1S/C12H16N4O3/c1-7(2)5-9(17)13-11-12(16-19-15-11)14-10(18)6-8(3)4/h5-6H,1-4H3,(H,13,15,17)(H,14,16,18). The summed E-state index contributed by atoms with van der Waals surface area (Å²) in [6, 6.07) is 0. The monoisotopic (exact) mass is 264 g/mol. The van der Waals surface area contributed by atoms with Crippen LogP contribution in [0.4, 0.5) is 11.6 Å². The summed E-state index contributed by atoms with van der Waals surface area (Å²) in [5.74, 6) is -0.599. The topological polar surface area (TPSA) is 97.1 Å². The first kappa shape index (κ1) is 14.6. The molecule has 0 saturated heterocycles. The Morgan fingerprint density at radius 2 is 1.26 bits per heavy atom. The first-order valence-electron chi connectivity index (χ1n) is 5.63. The van der Waals surface area contributed by atoms with Crippen molar-refractivity contribution < 1.29 is 14.2 Å². The van der Waals surface area contributed by atoms with Crippen LogP contribution in [0, 0.1) is 0 Å². The van der Waals surface area contributed by atoms with Gasteiger partial charge in [0.15, 0.2) is 0 Å². The van der Waals surface area contributed by atoms with Crippen molar-refractivity contribution in [3.05, 3.63) is 23.3 Å². The first-order chi connectivity index (χ1) is 8.88. The number of amides is 2. The van der Waals surface area contributed by atoms with Crippen LogP contribution in [0.15, 0.2) is 27.9 Å². The molecular formula is C12H16N4O3. The quantitative estimate of drug-likeness (QED) is 0.809. The van der Waals surface area contributed by atoms with E-state index in [1.807, 2.05) is 0 Å². The van der Waals surface area contributed by atoms with E-state index >= 15 is 0 Å². The zero-order valence-electron chi connectivity index (χ0n) is 11.3. The van der Waals surface area contributed by atoms with E-state index in [-0.39, 0.29) is 23.5 Å². The Bertz CT molecular complexity index is 488. The second kappa shape index (κ2) is 6.48. The Kier molecular flexibility index (Phi) is 4.99. The molecule has 0 aliphatic heterocycles. The molecule has 102 valence electrons. The van der Waals surface area contributed by atoms with Gasteiger partial charge in [0.25, 0.3) is 0 Å². The normalized spacial score (nSPS) is 9.47. The lowest BCUT2D eigenvalue weighted by molar-refractivity contribution is -0.113. The third kappa shape index (κ3) is 5.15. The Morgan fingerprint density at radius 3 is 1.58 bits per heavy atom. The van der Waals surface area contributed by atoms with Crippen LogP contribution in [0.5, 0.6) is 0 Å². The number of allylic oxidation sites excluding steroid dienone is 2. The molecule has 0 spiro atoms. The van der Waals surface area contributed by atoms with Gasteiger partial charge in [-0.3, -0.25) is 9.59 Å². The number of nitrogens with one attached hydrogen (secondary N) is 2. The largest absolute Gasteiger partial charge is 0.301 e. The highest BCUT2D eigenvalue weighted by molar-refractivity contribution is 6.04. The zero-order chi connectivity index (χ0) is 14.4. The maximum Gasteiger partial charge on any atom is 0.249 e. The molecule has 7 heteroatoms. The number of hydrogen-bond acceptors (Lipinski definition) is 5. The maximum absolute atomic E-state index is 11.5. The SMILES string of the molecule is CC(C)=CC(=O)Nc1nonc1NC(=O)C=C(C)C. The predicted molar refractivity (Wildman–Crippen MR) is 70.4 cm³/mol. The number of hydrogen-bond donors (Lipinski definition) is 2. The van der Waals surface area contributed by atoms with Crippen LogP contribution in [-0.4, -0.2) is 22.1 Å². The number of nitrogens with zero attached hydrogens (tertiary/aromatic N) is 2. The highest BCUT2D eigenvalue weighted by Gasteiger charge is 2.13. The maximum atomic E-state index is 11.5. The highest BCUT2D eigenvalue weighted by atomic mass is 16.6. The average Bonchev–Trinajstić information content (AvgIpc) is 2.62. The van der Waals surface area contributed by atoms with Crippen LogP contribution < -0.4 is 10.6 Å². The first-order valence-corrected chi connectivity index (χ1v) is 5.63. The van der Waals surface area contributed by atoms with Gasteiger partial charge in [-0.25, -0.2) is 4.63 Å². The third-order valence-corrected chi connectivity index (χ3v) is 1.81. The van der Waals surface area contributed by atoms with Crippen LogP contribution in [0.2, 0.25) is 0 Å². The van der Waals surface area contributed by atoms with E-state index in [1.54, 1.807) is 27.7 Å². The lowest BCUT2D eigenvalue weighted by Gasteiger charge is -2.01. The number of rotatable bonds is 4. The van der Waals surface area contributed by atoms with Crippen molar-refractivity contribution in [2.24, 2.45) is 0 Å². The minimum absolute atomic E-state index is 0.0676. The molecule has 1 aromatic heterocycles. The smallest absolute Gasteiger partial charge is 0.249 e. The molecule has 0 bridgehead atoms. The lowest BCUT2D eigenvalue weighted by Crippen LogP contribution is -2.14. The third-order valence-electron chi connectivity index (χ3n) is 1.81. The average molecular weight is 264 g/mol. The Balaban J connectivity index is 2.76. The van der Waals surface area contributed by atoms with E-state index in [0.717, 1.165) is 11.1 Å². The minimum Gasteiger partial charge on any atom is -0.301 e. The molecule has 7 nitrogen and oxygen atoms in total. The number of carbonyl (C=O) groups is 2. The molecule has 0 aromatic carbocycles. The molecule has 0 radical (unpaired) electrons. The molecule has 0 aliphatic rings. The van der Waals surface area contributed by atoms with E-state index < -0.39 is 0 Å². The van der Waals surface area contributed by atoms with E-state index in [2.05, 4.69) is 25.6 Å². The van der Waals surface area contributed by atoms with Crippen LogP contribution >= 0.6 is 0 Å². The van der Waals surface area contributed by atoms with Gasteiger partial charge in [-0.1, -0.05) is 11.1 Å². The molecule has 0 aliphatic carbocycles. The Labute approximate surface area is 110 Å². The minimum atomic E-state index is -0.367. The van der Waals surface area contributed by atoms with Gasteiger partial charge in [-0.2, -0.15) is 0 Å². The van der Waals surface area contributed by atoms with Crippen molar-refractivity contribution in [3.63, 3.8) is 0 Å². The van der Waals surface area contributed by atoms with Crippen molar-refractivity contribution in [2.75, 3.05) is 10.6 Å². The van der Waals surface area contributed by atoms with Gasteiger partial charge in [0, 0.05) is 12.2 Å². The van der Waals surface area contributed by atoms with Crippen LogP contribution in [0.3, 0.4) is 0 Å². The van der Waals surface area contributed by atoms with Gasteiger partial charge in [0.2, 0.25) is 23.5 Å². The molecule has 1 aromatic rings. The molecular weight excluding hydrogens is 248 g/mol. The van der Waals surface area contributed by atoms with Gasteiger partial charge in [0.1, 0.15) is 0 Å². The summed E-state index contributed by atoms with van der Waals surface area (Å²) in [6.45, 7) is 7.16. The summed E-state index contributed by atoms with van der Waals surface area (Å²) >= 11 is 0. The van der Waals surface area contributed by atoms with Crippen molar-refractivity contribution in [3.8, 4) is 0 Å². The lowest BCUT2D eigenvalue weighted by atomic mass is 10.3. The molecule has 0 atom stereocenters. The second-order valence-electron chi connectivity index (χ2n) is 4.38. The van der Waals surface area contributed by atoms with E-state index in [9.17, 15) is 9.59 Å². The Hall–Kier alpha value is -2.44. The van der Waals surface area contributed by atoms with Crippen LogP contribution in [-0.2, 0) is 9.59 Å². The zero-order valence-corrected chi connectivity index (χ0v) is 11.3. The van der Waals surface area contributed by atoms with Crippen molar-refractivity contribution >= 4 is 23.5 Å². The fourth-order valence-corrected chi connectivity index (χ4v) is 1.18. The molecule has 2 N–H and O–H groups in total. The predicted octanol–water partition coefficient (Wildman–Crippen LogP) is 1.88. The van der Waals surface area contributed by atoms with Crippen molar-refractivity contribution in [1.29, 1.82) is 0 Å². The molecule has 1 heterocycles. The van der Waals surface area contributed by atoms with Crippen LogP contribution in [0.1, 0.15) is 27.7 Å². The summed E-state index contributed by atoms with van der Waals surface area (Å²) in [7, 11) is 0. The molecule has 0 saturated carbocycles. The number of anilines is 2. The van der Waals surface area contributed by atoms with Gasteiger partial charge in [-0.15, -0.1) is 0 Å². The van der Waals surface area contributed by atoms with Crippen LogP contribution in [0.25, 0.3) is 0 Å². The van der Waals surface area contributed by atoms with Gasteiger partial charge in [-0.05, 0) is 38.0 Å². The molecule has 2 amide bonds.